The van der Waals surface area contributed by atoms with Crippen molar-refractivity contribution in [2.45, 2.75) is 77.2 Å². The Morgan fingerprint density at radius 2 is 1.86 bits per heavy atom. The summed E-state index contributed by atoms with van der Waals surface area (Å²) in [5.41, 5.74) is 3.03. The number of anilines is 5. The van der Waals surface area contributed by atoms with E-state index in [9.17, 15) is 28.8 Å². The fraction of sp³-hybridized carbons (Fsp3) is 0.458. The van der Waals surface area contributed by atoms with Crippen LogP contribution in [-0.2, 0) is 37.0 Å². The van der Waals surface area contributed by atoms with Crippen LogP contribution < -0.4 is 41.1 Å². The Balaban J connectivity index is 0.916. The van der Waals surface area contributed by atoms with E-state index < -0.39 is 6.04 Å². The molecule has 0 spiro atoms. The van der Waals surface area contributed by atoms with Gasteiger partial charge in [-0.05, 0) is 70.0 Å². The highest BCUT2D eigenvalue weighted by atomic mass is 35.5. The Morgan fingerprint density at radius 3 is 2.55 bits per heavy atom. The van der Waals surface area contributed by atoms with Gasteiger partial charge in [-0.15, -0.1) is 11.3 Å². The lowest BCUT2D eigenvalue weighted by Crippen LogP contribution is -2.51. The van der Waals surface area contributed by atoms with E-state index in [1.165, 1.54) is 12.0 Å². The van der Waals surface area contributed by atoms with Crippen LogP contribution >= 0.6 is 22.9 Å². The molecule has 2 atom stereocenters. The van der Waals surface area contributed by atoms with E-state index in [1.807, 2.05) is 11.4 Å². The molecule has 2 saturated heterocycles. The number of thiophene rings is 1. The van der Waals surface area contributed by atoms with Crippen molar-refractivity contribution < 1.29 is 38.2 Å². The number of methoxy groups -OCH3 is 1. The molecule has 19 nitrogen and oxygen atoms in total. The summed E-state index contributed by atoms with van der Waals surface area (Å²) in [5, 5.41) is 17.3. The van der Waals surface area contributed by atoms with Crippen LogP contribution in [0.3, 0.4) is 0 Å². The number of likely N-dealkylation sites (tertiary alicyclic amines) is 1. The molecule has 2 fully saturated rings. The second-order valence-electron chi connectivity index (χ2n) is 17.1. The van der Waals surface area contributed by atoms with Crippen LogP contribution in [0.4, 0.5) is 28.8 Å². The van der Waals surface area contributed by atoms with Gasteiger partial charge in [0, 0.05) is 90.9 Å². The van der Waals surface area contributed by atoms with Crippen molar-refractivity contribution in [3.8, 4) is 5.75 Å². The first-order valence-corrected chi connectivity index (χ1v) is 24.3. The van der Waals surface area contributed by atoms with Crippen LogP contribution in [0.2, 0.25) is 5.02 Å². The fourth-order valence-corrected chi connectivity index (χ4v) is 9.21. The molecule has 5 N–H and O–H groups in total. The second-order valence-corrected chi connectivity index (χ2v) is 18.5. The summed E-state index contributed by atoms with van der Waals surface area (Å²) in [7, 11) is 4.94. The smallest absolute Gasteiger partial charge is 0.251 e. The van der Waals surface area contributed by atoms with Crippen LogP contribution in [0.5, 0.6) is 5.75 Å². The van der Waals surface area contributed by atoms with Crippen LogP contribution in [-0.4, -0.2) is 141 Å². The van der Waals surface area contributed by atoms with Crippen molar-refractivity contribution in [1.82, 2.24) is 35.7 Å². The molecular formula is C48H62ClN11O8S. The number of halogens is 1. The van der Waals surface area contributed by atoms with E-state index in [4.69, 9.17) is 26.1 Å². The zero-order chi connectivity index (χ0) is 49.5. The molecule has 0 bridgehead atoms. The maximum atomic E-state index is 13.5. The lowest BCUT2D eigenvalue weighted by atomic mass is 10.0. The summed E-state index contributed by atoms with van der Waals surface area (Å²) in [6.45, 7) is 8.69. The van der Waals surface area contributed by atoms with E-state index in [2.05, 4.69) is 55.2 Å². The largest absolute Gasteiger partial charge is 0.495 e. The number of nitrogens with one attached hydrogen (secondary N) is 5. The molecule has 2 aromatic heterocycles. The Morgan fingerprint density at radius 1 is 1.06 bits per heavy atom. The maximum Gasteiger partial charge on any atom is 0.251 e. The van der Waals surface area contributed by atoms with Gasteiger partial charge in [0.2, 0.25) is 30.1 Å². The fourth-order valence-electron chi connectivity index (χ4n) is 8.14. The number of carbonyl (C=O) groups excluding carboxylic acids is 6. The lowest BCUT2D eigenvalue weighted by molar-refractivity contribution is -0.137. The first kappa shape index (κ1) is 52.3. The molecule has 21 heteroatoms. The Labute approximate surface area is 411 Å². The van der Waals surface area contributed by atoms with Gasteiger partial charge >= 0.3 is 0 Å². The minimum absolute atomic E-state index is 0.00513. The van der Waals surface area contributed by atoms with E-state index in [1.54, 1.807) is 72.9 Å². The first-order valence-electron chi connectivity index (χ1n) is 23.0. The molecule has 2 aromatic carbocycles. The molecule has 0 aliphatic carbocycles. The zero-order valence-corrected chi connectivity index (χ0v) is 41.3. The second kappa shape index (κ2) is 25.5. The highest BCUT2D eigenvalue weighted by Crippen LogP contribution is 2.34. The number of aldehydes is 1. The van der Waals surface area contributed by atoms with Crippen molar-refractivity contribution in [2.75, 3.05) is 87.6 Å². The number of aromatic nitrogens is 2. The highest BCUT2D eigenvalue weighted by molar-refractivity contribution is 7.10. The third-order valence-electron chi connectivity index (χ3n) is 12.3. The van der Waals surface area contributed by atoms with E-state index in [0.29, 0.717) is 89.0 Å². The molecule has 370 valence electrons. The number of imide groups is 1. The standard InChI is InChI=1S/C48H62ClN11O8S/c1-6-31(2)60(26-36-23-34(49)29-69-36)45-41(58(4)30-62)24-51-48(56-45)54-39-11-10-32(22-42(39)67-5)46(65)52-35-14-17-59(18-15-35)19-21-68-20-16-50-25-44(64)53-38-9-7-8-33(28-61)37(38)27-57(3)40-12-13-43(63)55-47(40)66/h7-11,22-24,28-31,35,40,50H,6,12-21,25-27H2,1-5H3,(H,52,65)(H,53,64)(H,51,54,56)(H,55,63,66). The summed E-state index contributed by atoms with van der Waals surface area (Å²) < 4.78 is 11.6. The minimum atomic E-state index is -0.530. The van der Waals surface area contributed by atoms with Gasteiger partial charge in [-0.1, -0.05) is 30.7 Å². The van der Waals surface area contributed by atoms with Gasteiger partial charge in [-0.2, -0.15) is 4.98 Å². The maximum absolute atomic E-state index is 13.5. The predicted molar refractivity (Wildman–Crippen MR) is 267 cm³/mol. The number of hydrogen-bond donors (Lipinski definition) is 5. The van der Waals surface area contributed by atoms with Gasteiger partial charge in [-0.3, -0.25) is 39.0 Å². The summed E-state index contributed by atoms with van der Waals surface area (Å²) in [5.74, 6) is 0.131. The number of piperidine rings is 2. The van der Waals surface area contributed by atoms with Gasteiger partial charge in [0.25, 0.3) is 5.91 Å². The number of amides is 5. The molecule has 2 aliphatic rings. The number of likely N-dealkylation sites (N-methyl/N-ethyl adjacent to an activating group) is 1. The number of hydrogen-bond acceptors (Lipinski definition) is 16. The average molecular weight is 989 g/mol. The Bertz CT molecular complexity index is 2430. The molecule has 5 amide bonds. The Kier molecular flexibility index (Phi) is 19.4. The van der Waals surface area contributed by atoms with Gasteiger partial charge in [0.1, 0.15) is 17.7 Å². The Hall–Kier alpha value is -6.03. The van der Waals surface area contributed by atoms with E-state index in [-0.39, 0.29) is 55.2 Å². The molecule has 2 unspecified atom stereocenters. The topological polar surface area (TPSA) is 220 Å². The van der Waals surface area contributed by atoms with E-state index in [0.717, 1.165) is 56.5 Å². The summed E-state index contributed by atoms with van der Waals surface area (Å²) in [6, 6.07) is 11.7. The molecule has 0 radical (unpaired) electrons. The molecule has 4 aromatic rings. The summed E-state index contributed by atoms with van der Waals surface area (Å²) >= 11 is 7.81. The molecule has 2 aliphatic heterocycles. The van der Waals surface area contributed by atoms with Crippen molar-refractivity contribution in [1.29, 1.82) is 0 Å². The number of carbonyl (C=O) groups is 6. The van der Waals surface area contributed by atoms with Crippen molar-refractivity contribution >= 4 is 88.1 Å². The third-order valence-corrected chi connectivity index (χ3v) is 13.6. The van der Waals surface area contributed by atoms with Crippen molar-refractivity contribution in [3.05, 3.63) is 80.6 Å². The quantitative estimate of drug-likeness (QED) is 0.0341. The van der Waals surface area contributed by atoms with Gasteiger partial charge < -0.3 is 45.4 Å². The van der Waals surface area contributed by atoms with Gasteiger partial charge in [0.15, 0.2) is 5.82 Å². The molecule has 4 heterocycles. The molecule has 6 rings (SSSR count). The van der Waals surface area contributed by atoms with Crippen LogP contribution in [0.15, 0.2) is 54.0 Å². The van der Waals surface area contributed by atoms with Gasteiger partial charge in [-0.25, -0.2) is 4.98 Å². The SMILES string of the molecule is CCC(C)N(Cc1cc(Cl)cs1)c1nc(Nc2ccc(C(=O)NC3CCN(CCOCCNCC(=O)Nc4cccc(C=O)c4CN(C)C4CCC(=O)NC4=O)CC3)cc2OC)ncc1N(C)C=O. The van der Waals surface area contributed by atoms with Crippen LogP contribution in [0.25, 0.3) is 0 Å². The number of benzene rings is 2. The minimum Gasteiger partial charge on any atom is -0.495 e. The normalized spacial score (nSPS) is 15.8. The first-order chi connectivity index (χ1) is 33.3. The van der Waals surface area contributed by atoms with Crippen LogP contribution in [0.1, 0.15) is 77.1 Å². The molecule has 0 saturated carbocycles. The van der Waals surface area contributed by atoms with Crippen LogP contribution in [0, 0.1) is 0 Å². The van der Waals surface area contributed by atoms with Crippen molar-refractivity contribution in [2.24, 2.45) is 0 Å². The molecule has 69 heavy (non-hydrogen) atoms. The molecular weight excluding hydrogens is 926 g/mol. The lowest BCUT2D eigenvalue weighted by Gasteiger charge is -2.32. The van der Waals surface area contributed by atoms with Gasteiger partial charge in [0.05, 0.1) is 56.4 Å². The monoisotopic (exact) mass is 987 g/mol. The summed E-state index contributed by atoms with van der Waals surface area (Å²) in [6.07, 6.45) is 6.06. The summed E-state index contributed by atoms with van der Waals surface area (Å²) in [4.78, 5) is 92.2. The number of ether oxygens (including phenoxy) is 2. The number of nitrogens with zero attached hydrogens (tertiary/aromatic N) is 6. The third kappa shape index (κ3) is 14.5. The van der Waals surface area contributed by atoms with E-state index >= 15 is 0 Å². The average Bonchev–Trinajstić information content (AvgIpc) is 3.77. The van der Waals surface area contributed by atoms with Crippen molar-refractivity contribution in [3.63, 3.8) is 0 Å². The highest BCUT2D eigenvalue weighted by Gasteiger charge is 2.31. The predicted octanol–water partition coefficient (Wildman–Crippen LogP) is 4.83. The number of rotatable bonds is 25. The zero-order valence-electron chi connectivity index (χ0n) is 39.7.